The van der Waals surface area contributed by atoms with Crippen LogP contribution >= 0.6 is 0 Å². The summed E-state index contributed by atoms with van der Waals surface area (Å²) < 4.78 is 2.10. The molecule has 0 saturated carbocycles. The van der Waals surface area contributed by atoms with E-state index in [9.17, 15) is 0 Å². The fourth-order valence-corrected chi connectivity index (χ4v) is 2.19. The first kappa shape index (κ1) is 15.4. The van der Waals surface area contributed by atoms with Crippen LogP contribution in [-0.2, 0) is 13.1 Å². The normalized spacial score (nSPS) is 11.4. The predicted octanol–water partition coefficient (Wildman–Crippen LogP) is 1.95. The van der Waals surface area contributed by atoms with Crippen LogP contribution < -0.4 is 4.90 Å². The first-order chi connectivity index (χ1) is 9.97. The summed E-state index contributed by atoms with van der Waals surface area (Å²) >= 11 is 0. The minimum absolute atomic E-state index is 0.379. The summed E-state index contributed by atoms with van der Waals surface area (Å²) in [5.74, 6) is 1.96. The van der Waals surface area contributed by atoms with Crippen molar-refractivity contribution in [1.29, 1.82) is 0 Å². The number of rotatable bonds is 6. The Balaban J connectivity index is 1.98. The van der Waals surface area contributed by atoms with E-state index in [1.165, 1.54) is 5.56 Å². The van der Waals surface area contributed by atoms with E-state index in [1.54, 1.807) is 6.33 Å². The molecule has 0 aromatic carbocycles. The SMILES string of the molecule is CC(C)n1cnnc1CN(C)Cc1ccc(N(C)C)nc1. The van der Waals surface area contributed by atoms with Gasteiger partial charge in [-0.1, -0.05) is 6.07 Å². The lowest BCUT2D eigenvalue weighted by atomic mass is 10.2. The number of hydrogen-bond acceptors (Lipinski definition) is 5. The van der Waals surface area contributed by atoms with Crippen molar-refractivity contribution < 1.29 is 0 Å². The van der Waals surface area contributed by atoms with E-state index in [2.05, 4.69) is 51.6 Å². The third-order valence-corrected chi connectivity index (χ3v) is 3.33. The maximum atomic E-state index is 4.44. The quantitative estimate of drug-likeness (QED) is 0.813. The number of nitrogens with zero attached hydrogens (tertiary/aromatic N) is 6. The largest absolute Gasteiger partial charge is 0.363 e. The molecule has 6 heteroatoms. The number of hydrogen-bond donors (Lipinski definition) is 0. The van der Waals surface area contributed by atoms with Gasteiger partial charge in [0.1, 0.15) is 18.0 Å². The van der Waals surface area contributed by atoms with Gasteiger partial charge < -0.3 is 9.47 Å². The molecule has 2 aromatic heterocycles. The van der Waals surface area contributed by atoms with Crippen LogP contribution in [0.25, 0.3) is 0 Å². The van der Waals surface area contributed by atoms with E-state index in [0.29, 0.717) is 6.04 Å². The number of pyridine rings is 1. The molecule has 2 heterocycles. The van der Waals surface area contributed by atoms with Crippen LogP contribution in [0.15, 0.2) is 24.7 Å². The molecule has 21 heavy (non-hydrogen) atoms. The van der Waals surface area contributed by atoms with Crippen LogP contribution in [0.4, 0.5) is 5.82 Å². The Morgan fingerprint density at radius 3 is 2.48 bits per heavy atom. The van der Waals surface area contributed by atoms with Crippen molar-refractivity contribution in [3.05, 3.63) is 36.0 Å². The van der Waals surface area contributed by atoms with E-state index in [-0.39, 0.29) is 0 Å². The summed E-state index contributed by atoms with van der Waals surface area (Å²) in [6.07, 6.45) is 3.72. The molecule has 6 nitrogen and oxygen atoms in total. The minimum atomic E-state index is 0.379. The predicted molar refractivity (Wildman–Crippen MR) is 84.1 cm³/mol. The molecule has 0 aliphatic rings. The van der Waals surface area contributed by atoms with Gasteiger partial charge >= 0.3 is 0 Å². The van der Waals surface area contributed by atoms with Gasteiger partial charge in [0.05, 0.1) is 6.54 Å². The van der Waals surface area contributed by atoms with E-state index in [0.717, 1.165) is 24.7 Å². The van der Waals surface area contributed by atoms with Crippen LogP contribution in [-0.4, -0.2) is 45.8 Å². The second-order valence-corrected chi connectivity index (χ2v) is 5.84. The van der Waals surface area contributed by atoms with Crippen LogP contribution in [0, 0.1) is 0 Å². The van der Waals surface area contributed by atoms with Crippen molar-refractivity contribution in [2.45, 2.75) is 33.0 Å². The molecule has 0 aliphatic carbocycles. The average Bonchev–Trinajstić information content (AvgIpc) is 2.87. The minimum Gasteiger partial charge on any atom is -0.363 e. The zero-order valence-corrected chi connectivity index (χ0v) is 13.5. The molecule has 0 atom stereocenters. The molecule has 0 unspecified atom stereocenters. The molecule has 0 spiro atoms. The van der Waals surface area contributed by atoms with Gasteiger partial charge in [0.25, 0.3) is 0 Å². The maximum Gasteiger partial charge on any atom is 0.147 e. The van der Waals surface area contributed by atoms with E-state index >= 15 is 0 Å². The number of aromatic nitrogens is 4. The molecule has 0 saturated heterocycles. The van der Waals surface area contributed by atoms with Crippen LogP contribution in [0.3, 0.4) is 0 Å². The van der Waals surface area contributed by atoms with Crippen molar-refractivity contribution in [2.75, 3.05) is 26.0 Å². The van der Waals surface area contributed by atoms with E-state index < -0.39 is 0 Å². The van der Waals surface area contributed by atoms with Crippen molar-refractivity contribution in [2.24, 2.45) is 0 Å². The van der Waals surface area contributed by atoms with Crippen molar-refractivity contribution in [1.82, 2.24) is 24.6 Å². The van der Waals surface area contributed by atoms with Crippen LogP contribution in [0.1, 0.15) is 31.3 Å². The Morgan fingerprint density at radius 2 is 1.90 bits per heavy atom. The molecule has 2 rings (SSSR count). The van der Waals surface area contributed by atoms with Gasteiger partial charge in [-0.3, -0.25) is 4.90 Å². The molecule has 114 valence electrons. The lowest BCUT2D eigenvalue weighted by molar-refractivity contribution is 0.301. The van der Waals surface area contributed by atoms with E-state index in [4.69, 9.17) is 0 Å². The number of anilines is 1. The molecule has 0 N–H and O–H groups in total. The van der Waals surface area contributed by atoms with Crippen molar-refractivity contribution in [3.63, 3.8) is 0 Å². The average molecular weight is 288 g/mol. The molecule has 0 amide bonds. The lowest BCUT2D eigenvalue weighted by Gasteiger charge is -2.18. The van der Waals surface area contributed by atoms with Crippen LogP contribution in [0.2, 0.25) is 0 Å². The highest BCUT2D eigenvalue weighted by atomic mass is 15.3. The molecule has 0 radical (unpaired) electrons. The van der Waals surface area contributed by atoms with Gasteiger partial charge in [0.15, 0.2) is 0 Å². The Labute approximate surface area is 126 Å². The van der Waals surface area contributed by atoms with E-state index in [1.807, 2.05) is 31.3 Å². The molecule has 0 bridgehead atoms. The Hall–Kier alpha value is -1.95. The standard InChI is InChI=1S/C15H24N6/c1-12(2)21-11-17-18-15(21)10-20(5)9-13-6-7-14(16-8-13)19(3)4/h6-8,11-12H,9-10H2,1-5H3. The van der Waals surface area contributed by atoms with Gasteiger partial charge in [-0.2, -0.15) is 0 Å². The topological polar surface area (TPSA) is 50.1 Å². The first-order valence-corrected chi connectivity index (χ1v) is 7.16. The summed E-state index contributed by atoms with van der Waals surface area (Å²) in [6.45, 7) is 5.88. The monoisotopic (exact) mass is 288 g/mol. The molecule has 0 aliphatic heterocycles. The summed E-state index contributed by atoms with van der Waals surface area (Å²) in [4.78, 5) is 8.66. The summed E-state index contributed by atoms with van der Waals surface area (Å²) in [7, 11) is 6.07. The zero-order valence-electron chi connectivity index (χ0n) is 13.5. The van der Waals surface area contributed by atoms with Gasteiger partial charge in [-0.05, 0) is 32.5 Å². The first-order valence-electron chi connectivity index (χ1n) is 7.16. The summed E-state index contributed by atoms with van der Waals surface area (Å²) in [5.41, 5.74) is 1.19. The van der Waals surface area contributed by atoms with Crippen molar-refractivity contribution >= 4 is 5.82 Å². The third kappa shape index (κ3) is 4.01. The van der Waals surface area contributed by atoms with Gasteiger partial charge in [0.2, 0.25) is 0 Å². The summed E-state index contributed by atoms with van der Waals surface area (Å²) in [6, 6.07) is 4.54. The fourth-order valence-electron chi connectivity index (χ4n) is 2.19. The molecular weight excluding hydrogens is 264 g/mol. The summed E-state index contributed by atoms with van der Waals surface area (Å²) in [5, 5.41) is 8.21. The molecule has 0 fully saturated rings. The Bertz CT molecular complexity index is 558. The molecule has 2 aromatic rings. The lowest BCUT2D eigenvalue weighted by Crippen LogP contribution is -2.21. The highest BCUT2D eigenvalue weighted by Gasteiger charge is 2.10. The smallest absolute Gasteiger partial charge is 0.147 e. The Morgan fingerprint density at radius 1 is 1.14 bits per heavy atom. The molecular formula is C15H24N6. The highest BCUT2D eigenvalue weighted by Crippen LogP contribution is 2.12. The third-order valence-electron chi connectivity index (χ3n) is 3.33. The fraction of sp³-hybridized carbons (Fsp3) is 0.533. The van der Waals surface area contributed by atoms with Crippen molar-refractivity contribution in [3.8, 4) is 0 Å². The maximum absolute atomic E-state index is 4.44. The Kier molecular flexibility index (Phi) is 4.90. The van der Waals surface area contributed by atoms with Gasteiger partial charge in [0, 0.05) is 32.9 Å². The second kappa shape index (κ2) is 6.67. The highest BCUT2D eigenvalue weighted by molar-refractivity contribution is 5.37. The zero-order chi connectivity index (χ0) is 15.4. The van der Waals surface area contributed by atoms with Crippen LogP contribution in [0.5, 0.6) is 0 Å². The van der Waals surface area contributed by atoms with Gasteiger partial charge in [-0.25, -0.2) is 4.98 Å². The van der Waals surface area contributed by atoms with Gasteiger partial charge in [-0.15, -0.1) is 10.2 Å². The second-order valence-electron chi connectivity index (χ2n) is 5.84.